The van der Waals surface area contributed by atoms with Crippen LogP contribution in [0.4, 0.5) is 0 Å². The van der Waals surface area contributed by atoms with Crippen LogP contribution in [0, 0.1) is 0 Å². The first-order valence-corrected chi connectivity index (χ1v) is 8.00. The van der Waals surface area contributed by atoms with Gasteiger partial charge >= 0.3 is 11.8 Å². The predicted molar refractivity (Wildman–Crippen MR) is 92.2 cm³/mol. The molecule has 1 aromatic heterocycles. The van der Waals surface area contributed by atoms with Crippen LogP contribution in [-0.4, -0.2) is 22.6 Å². The molecule has 122 valence electrons. The van der Waals surface area contributed by atoms with E-state index in [0.717, 1.165) is 5.56 Å². The summed E-state index contributed by atoms with van der Waals surface area (Å²) in [5, 5.41) is 11.5. The van der Waals surface area contributed by atoms with Gasteiger partial charge in [-0.3, -0.25) is 4.79 Å². The van der Waals surface area contributed by atoms with Gasteiger partial charge < -0.3 is 9.73 Å². The zero-order valence-corrected chi connectivity index (χ0v) is 14.0. The molecule has 0 radical (unpaired) electrons. The molecule has 0 bridgehead atoms. The molecule has 7 heteroatoms. The van der Waals surface area contributed by atoms with Crippen LogP contribution >= 0.6 is 23.2 Å². The summed E-state index contributed by atoms with van der Waals surface area (Å²) in [4.78, 5) is 12.1. The Hall–Kier alpha value is -2.37. The summed E-state index contributed by atoms with van der Waals surface area (Å²) in [7, 11) is 0. The van der Waals surface area contributed by atoms with Crippen molar-refractivity contribution in [2.75, 3.05) is 6.54 Å². The summed E-state index contributed by atoms with van der Waals surface area (Å²) >= 11 is 12.0. The number of hydrogen-bond acceptors (Lipinski definition) is 4. The lowest BCUT2D eigenvalue weighted by atomic mass is 10.1. The van der Waals surface area contributed by atoms with Gasteiger partial charge in [0.25, 0.3) is 0 Å². The molecule has 1 heterocycles. The van der Waals surface area contributed by atoms with Gasteiger partial charge in [0.05, 0.1) is 10.6 Å². The molecule has 3 aromatic rings. The topological polar surface area (TPSA) is 68.0 Å². The molecule has 0 aliphatic heterocycles. The predicted octanol–water partition coefficient (Wildman–Crippen LogP) is 4.02. The minimum Gasteiger partial charge on any atom is -0.412 e. The zero-order valence-electron chi connectivity index (χ0n) is 12.5. The number of rotatable bonds is 5. The first kappa shape index (κ1) is 16.5. The molecule has 3 rings (SSSR count). The molecule has 0 spiro atoms. The van der Waals surface area contributed by atoms with Crippen LogP contribution in [0.15, 0.2) is 52.9 Å². The minimum absolute atomic E-state index is 0.101. The van der Waals surface area contributed by atoms with Gasteiger partial charge in [-0.05, 0) is 36.2 Å². The van der Waals surface area contributed by atoms with Crippen LogP contribution in [0.1, 0.15) is 16.2 Å². The molecule has 0 saturated heterocycles. The Morgan fingerprint density at radius 3 is 2.71 bits per heavy atom. The molecule has 5 nitrogen and oxygen atoms in total. The summed E-state index contributed by atoms with van der Waals surface area (Å²) in [6.45, 7) is 0.434. The summed E-state index contributed by atoms with van der Waals surface area (Å²) in [6.07, 6.45) is 0.651. The number of amides is 1. The summed E-state index contributed by atoms with van der Waals surface area (Å²) in [5.74, 6) is -0.320. The summed E-state index contributed by atoms with van der Waals surface area (Å²) in [5.41, 5.74) is 1.62. The zero-order chi connectivity index (χ0) is 16.9. The van der Waals surface area contributed by atoms with Gasteiger partial charge in [-0.2, -0.15) is 0 Å². The van der Waals surface area contributed by atoms with Gasteiger partial charge in [0.15, 0.2) is 0 Å². The summed E-state index contributed by atoms with van der Waals surface area (Å²) < 4.78 is 5.39. The number of carbonyl (C=O) groups is 1. The monoisotopic (exact) mass is 361 g/mol. The first-order valence-electron chi connectivity index (χ1n) is 7.24. The lowest BCUT2D eigenvalue weighted by Crippen LogP contribution is -2.26. The number of halogens is 2. The van der Waals surface area contributed by atoms with Crippen molar-refractivity contribution in [3.8, 4) is 11.5 Å². The maximum absolute atomic E-state index is 12.1. The highest BCUT2D eigenvalue weighted by molar-refractivity contribution is 6.33. The lowest BCUT2D eigenvalue weighted by Gasteiger charge is -2.03. The highest BCUT2D eigenvalue weighted by Crippen LogP contribution is 2.26. The van der Waals surface area contributed by atoms with E-state index in [4.69, 9.17) is 27.6 Å². The Bertz CT molecular complexity index is 864. The Kier molecular flexibility index (Phi) is 5.13. The maximum atomic E-state index is 12.1. The Morgan fingerprint density at radius 2 is 1.92 bits per heavy atom. The average molecular weight is 362 g/mol. The Labute approximate surface area is 148 Å². The fraction of sp³-hybridized carbons (Fsp3) is 0.118. The number of hydrogen-bond donors (Lipinski definition) is 1. The van der Waals surface area contributed by atoms with E-state index in [2.05, 4.69) is 15.5 Å². The van der Waals surface area contributed by atoms with E-state index in [1.165, 1.54) is 0 Å². The Morgan fingerprint density at radius 1 is 1.08 bits per heavy atom. The van der Waals surface area contributed by atoms with Crippen molar-refractivity contribution in [2.24, 2.45) is 0 Å². The molecule has 0 aliphatic rings. The van der Waals surface area contributed by atoms with Crippen LogP contribution in [0.25, 0.3) is 11.5 Å². The van der Waals surface area contributed by atoms with E-state index in [1.54, 1.807) is 30.3 Å². The van der Waals surface area contributed by atoms with Gasteiger partial charge in [-0.15, -0.1) is 10.2 Å². The van der Waals surface area contributed by atoms with Crippen LogP contribution in [-0.2, 0) is 6.42 Å². The molecule has 1 amide bonds. The molecular formula is C17H13Cl2N3O2. The largest absolute Gasteiger partial charge is 0.412 e. The number of nitrogens with one attached hydrogen (secondary N) is 1. The highest BCUT2D eigenvalue weighted by Gasteiger charge is 2.16. The normalized spacial score (nSPS) is 10.6. The minimum atomic E-state index is -0.428. The van der Waals surface area contributed by atoms with Crippen LogP contribution < -0.4 is 5.32 Å². The lowest BCUT2D eigenvalue weighted by molar-refractivity contribution is 0.0920. The van der Waals surface area contributed by atoms with Crippen LogP contribution in [0.5, 0.6) is 0 Å². The second-order valence-corrected chi connectivity index (χ2v) is 5.87. The van der Waals surface area contributed by atoms with Crippen LogP contribution in [0.3, 0.4) is 0 Å². The van der Waals surface area contributed by atoms with Crippen molar-refractivity contribution >= 4 is 29.1 Å². The fourth-order valence-corrected chi connectivity index (χ4v) is 2.58. The second-order valence-electron chi connectivity index (χ2n) is 5.03. The van der Waals surface area contributed by atoms with Crippen LogP contribution in [0.2, 0.25) is 10.0 Å². The second kappa shape index (κ2) is 7.47. The quantitative estimate of drug-likeness (QED) is 0.745. The van der Waals surface area contributed by atoms with Crippen molar-refractivity contribution < 1.29 is 9.21 Å². The van der Waals surface area contributed by atoms with Gasteiger partial charge in [-0.25, -0.2) is 0 Å². The maximum Gasteiger partial charge on any atom is 0.308 e. The van der Waals surface area contributed by atoms with Gasteiger partial charge in [0.2, 0.25) is 5.89 Å². The highest BCUT2D eigenvalue weighted by atomic mass is 35.5. The van der Waals surface area contributed by atoms with Gasteiger partial charge in [-0.1, -0.05) is 47.5 Å². The molecule has 0 fully saturated rings. The molecule has 24 heavy (non-hydrogen) atoms. The van der Waals surface area contributed by atoms with Crippen molar-refractivity contribution in [2.45, 2.75) is 6.42 Å². The number of nitrogens with zero attached hydrogens (tertiary/aromatic N) is 2. The number of aromatic nitrogens is 2. The van der Waals surface area contributed by atoms with Crippen molar-refractivity contribution in [1.29, 1.82) is 0 Å². The van der Waals surface area contributed by atoms with Crippen molar-refractivity contribution in [3.63, 3.8) is 0 Å². The van der Waals surface area contributed by atoms with Gasteiger partial charge in [0.1, 0.15) is 0 Å². The summed E-state index contributed by atoms with van der Waals surface area (Å²) in [6, 6.07) is 14.5. The molecule has 0 aliphatic carbocycles. The van der Waals surface area contributed by atoms with Gasteiger partial charge in [0, 0.05) is 11.6 Å². The molecule has 0 unspecified atom stereocenters. The average Bonchev–Trinajstić information content (AvgIpc) is 3.05. The number of carbonyl (C=O) groups excluding carboxylic acids is 1. The molecule has 0 saturated carbocycles. The molecule has 1 N–H and O–H groups in total. The van der Waals surface area contributed by atoms with E-state index in [0.29, 0.717) is 28.6 Å². The molecule has 0 atom stereocenters. The smallest absolute Gasteiger partial charge is 0.308 e. The Balaban J connectivity index is 1.61. The molecule has 2 aromatic carbocycles. The third-order valence-corrected chi connectivity index (χ3v) is 3.88. The number of benzene rings is 2. The molecular weight excluding hydrogens is 349 g/mol. The van der Waals surface area contributed by atoms with Crippen molar-refractivity contribution in [3.05, 3.63) is 70.0 Å². The SMILES string of the molecule is O=C(NCCc1cccc(Cl)c1)c1nnc(-c2ccccc2Cl)o1. The standard InChI is InChI=1S/C17H13Cl2N3O2/c18-12-5-3-4-11(10-12)8-9-20-15(23)17-22-21-16(24-17)13-6-1-2-7-14(13)19/h1-7,10H,8-9H2,(H,20,23). The van der Waals surface area contributed by atoms with E-state index in [-0.39, 0.29) is 11.8 Å². The van der Waals surface area contributed by atoms with Crippen molar-refractivity contribution in [1.82, 2.24) is 15.5 Å². The third kappa shape index (κ3) is 3.93. The first-order chi connectivity index (χ1) is 11.6. The fourth-order valence-electron chi connectivity index (χ4n) is 2.15. The van der Waals surface area contributed by atoms with E-state index < -0.39 is 5.91 Å². The third-order valence-electron chi connectivity index (χ3n) is 3.31. The van der Waals surface area contributed by atoms with E-state index >= 15 is 0 Å². The van der Waals surface area contributed by atoms with E-state index in [1.807, 2.05) is 18.2 Å². The van der Waals surface area contributed by atoms with E-state index in [9.17, 15) is 4.79 Å².